The van der Waals surface area contributed by atoms with E-state index in [4.69, 9.17) is 9.47 Å². The Labute approximate surface area is 113 Å². The van der Waals surface area contributed by atoms with Crippen molar-refractivity contribution in [2.75, 3.05) is 26.1 Å². The van der Waals surface area contributed by atoms with Crippen LogP contribution in [0.5, 0.6) is 0 Å². The number of rotatable bonds is 5. The molecule has 3 rings (SSSR count). The van der Waals surface area contributed by atoms with E-state index in [0.29, 0.717) is 23.5 Å². The molecule has 3 heterocycles. The number of tetrazole rings is 1. The van der Waals surface area contributed by atoms with E-state index in [1.807, 2.05) is 13.2 Å². The topological polar surface area (TPSA) is 104 Å². The van der Waals surface area contributed by atoms with Crippen molar-refractivity contribution in [2.24, 2.45) is 7.05 Å². The SMILES string of the molecule is COC(CNc1nn2nnnc2c2cn(C)nc12)OC. The minimum absolute atomic E-state index is 0.375. The lowest BCUT2D eigenvalue weighted by Gasteiger charge is -2.14. The van der Waals surface area contributed by atoms with Gasteiger partial charge in [0.1, 0.15) is 5.52 Å². The number of nitrogens with zero attached hydrogens (tertiary/aromatic N) is 7. The second-order valence-electron chi connectivity index (χ2n) is 4.19. The van der Waals surface area contributed by atoms with Crippen molar-refractivity contribution in [1.29, 1.82) is 0 Å². The van der Waals surface area contributed by atoms with Gasteiger partial charge in [0.15, 0.2) is 12.1 Å². The van der Waals surface area contributed by atoms with Crippen LogP contribution in [0.25, 0.3) is 16.6 Å². The van der Waals surface area contributed by atoms with E-state index in [0.717, 1.165) is 5.39 Å². The molecule has 0 atom stereocenters. The Hall–Kier alpha value is -2.33. The molecule has 20 heavy (non-hydrogen) atoms. The van der Waals surface area contributed by atoms with Gasteiger partial charge in [-0.15, -0.1) is 14.8 Å². The lowest BCUT2D eigenvalue weighted by atomic mass is 10.3. The van der Waals surface area contributed by atoms with Crippen molar-refractivity contribution in [3.05, 3.63) is 6.20 Å². The van der Waals surface area contributed by atoms with Gasteiger partial charge in [-0.05, 0) is 10.4 Å². The molecule has 0 bridgehead atoms. The molecule has 0 fully saturated rings. The van der Waals surface area contributed by atoms with Crippen LogP contribution in [0.3, 0.4) is 0 Å². The first-order chi connectivity index (χ1) is 9.72. The zero-order valence-electron chi connectivity index (χ0n) is 11.3. The van der Waals surface area contributed by atoms with Crippen LogP contribution in [0.1, 0.15) is 0 Å². The Balaban J connectivity index is 2.03. The summed E-state index contributed by atoms with van der Waals surface area (Å²) in [5.41, 5.74) is 1.26. The molecule has 0 saturated heterocycles. The Morgan fingerprint density at radius 1 is 1.30 bits per heavy atom. The van der Waals surface area contributed by atoms with Gasteiger partial charge in [0.05, 0.1) is 11.9 Å². The molecule has 3 aromatic heterocycles. The summed E-state index contributed by atoms with van der Waals surface area (Å²) in [6, 6.07) is 0. The first-order valence-corrected chi connectivity index (χ1v) is 5.94. The first kappa shape index (κ1) is 12.7. The molecule has 0 amide bonds. The molecular formula is C10H14N8O2. The molecule has 0 radical (unpaired) electrons. The molecule has 0 aromatic carbocycles. The van der Waals surface area contributed by atoms with Gasteiger partial charge in [-0.3, -0.25) is 4.68 Å². The van der Waals surface area contributed by atoms with E-state index >= 15 is 0 Å². The number of nitrogens with one attached hydrogen (secondary N) is 1. The monoisotopic (exact) mass is 278 g/mol. The van der Waals surface area contributed by atoms with Crippen LogP contribution in [-0.4, -0.2) is 62.1 Å². The molecule has 0 spiro atoms. The summed E-state index contributed by atoms with van der Waals surface area (Å²) in [4.78, 5) is 0. The van der Waals surface area contributed by atoms with Gasteiger partial charge in [0, 0.05) is 27.5 Å². The van der Waals surface area contributed by atoms with Gasteiger partial charge in [0.2, 0.25) is 5.65 Å². The summed E-state index contributed by atoms with van der Waals surface area (Å²) in [6.07, 6.45) is 1.47. The minimum Gasteiger partial charge on any atom is -0.362 e. The summed E-state index contributed by atoms with van der Waals surface area (Å²) in [5.74, 6) is 0.569. The summed E-state index contributed by atoms with van der Waals surface area (Å²) >= 11 is 0. The Kier molecular flexibility index (Phi) is 3.16. The normalized spacial score (nSPS) is 11.8. The number of aryl methyl sites for hydroxylation is 1. The van der Waals surface area contributed by atoms with E-state index in [2.05, 4.69) is 31.0 Å². The minimum atomic E-state index is -0.375. The second kappa shape index (κ2) is 4.98. The maximum atomic E-state index is 5.13. The van der Waals surface area contributed by atoms with E-state index in [9.17, 15) is 0 Å². The third kappa shape index (κ3) is 2.04. The van der Waals surface area contributed by atoms with E-state index in [1.165, 1.54) is 4.63 Å². The van der Waals surface area contributed by atoms with Crippen LogP contribution in [-0.2, 0) is 16.5 Å². The molecular weight excluding hydrogens is 264 g/mol. The highest BCUT2D eigenvalue weighted by molar-refractivity contribution is 5.96. The van der Waals surface area contributed by atoms with Crippen LogP contribution in [0.15, 0.2) is 6.20 Å². The zero-order chi connectivity index (χ0) is 14.1. The Bertz CT molecular complexity index is 731. The summed E-state index contributed by atoms with van der Waals surface area (Å²) in [7, 11) is 4.98. The maximum absolute atomic E-state index is 5.13. The molecule has 106 valence electrons. The molecule has 0 aliphatic heterocycles. The summed E-state index contributed by atoms with van der Waals surface area (Å²) in [6.45, 7) is 0.430. The zero-order valence-corrected chi connectivity index (χ0v) is 11.3. The molecule has 10 heteroatoms. The predicted octanol–water partition coefficient (Wildman–Crippen LogP) is -0.563. The maximum Gasteiger partial charge on any atom is 0.211 e. The van der Waals surface area contributed by atoms with Crippen molar-refractivity contribution >= 4 is 22.4 Å². The molecule has 1 N–H and O–H groups in total. The Morgan fingerprint density at radius 3 is 2.85 bits per heavy atom. The van der Waals surface area contributed by atoms with Gasteiger partial charge in [-0.2, -0.15) is 5.10 Å². The van der Waals surface area contributed by atoms with Crippen LogP contribution < -0.4 is 5.32 Å². The average Bonchev–Trinajstić information content (AvgIpc) is 3.04. The number of fused-ring (bicyclic) bond motifs is 3. The number of methoxy groups -OCH3 is 2. The van der Waals surface area contributed by atoms with Crippen molar-refractivity contribution < 1.29 is 9.47 Å². The smallest absolute Gasteiger partial charge is 0.211 e. The number of hydrogen-bond acceptors (Lipinski definition) is 8. The Morgan fingerprint density at radius 2 is 2.10 bits per heavy atom. The fourth-order valence-electron chi connectivity index (χ4n) is 1.94. The van der Waals surface area contributed by atoms with Crippen LogP contribution in [0, 0.1) is 0 Å². The molecule has 0 saturated carbocycles. The van der Waals surface area contributed by atoms with Crippen LogP contribution in [0.2, 0.25) is 0 Å². The fourth-order valence-corrected chi connectivity index (χ4v) is 1.94. The van der Waals surface area contributed by atoms with Gasteiger partial charge >= 0.3 is 0 Å². The standard InChI is InChI=1S/C10H14N8O2/c1-17-5-6-8(13-17)9(11-4-7(19-2)20-3)14-18-10(6)12-15-16-18/h5,7H,4H2,1-3H3,(H,11,14). The number of hydrogen-bond donors (Lipinski definition) is 1. The second-order valence-corrected chi connectivity index (χ2v) is 4.19. The lowest BCUT2D eigenvalue weighted by molar-refractivity contribution is -0.0914. The van der Waals surface area contributed by atoms with E-state index in [-0.39, 0.29) is 6.29 Å². The highest BCUT2D eigenvalue weighted by Crippen LogP contribution is 2.21. The summed E-state index contributed by atoms with van der Waals surface area (Å²) < 4.78 is 13.3. The van der Waals surface area contributed by atoms with Gasteiger partial charge < -0.3 is 14.8 Å². The third-order valence-corrected chi connectivity index (χ3v) is 2.90. The largest absolute Gasteiger partial charge is 0.362 e. The molecule has 0 aliphatic rings. The molecule has 0 unspecified atom stereocenters. The lowest BCUT2D eigenvalue weighted by Crippen LogP contribution is -2.24. The molecule has 10 nitrogen and oxygen atoms in total. The molecule has 3 aromatic rings. The number of aromatic nitrogens is 7. The van der Waals surface area contributed by atoms with Crippen molar-refractivity contribution in [2.45, 2.75) is 6.29 Å². The highest BCUT2D eigenvalue weighted by atomic mass is 16.7. The summed E-state index contributed by atoms with van der Waals surface area (Å²) in [5, 5.41) is 24.0. The van der Waals surface area contributed by atoms with Gasteiger partial charge in [-0.25, -0.2) is 0 Å². The molecule has 0 aliphatic carbocycles. The van der Waals surface area contributed by atoms with Crippen LogP contribution in [0.4, 0.5) is 5.82 Å². The number of anilines is 1. The number of ether oxygens (including phenoxy) is 2. The van der Waals surface area contributed by atoms with E-state index < -0.39 is 0 Å². The van der Waals surface area contributed by atoms with Crippen molar-refractivity contribution in [3.63, 3.8) is 0 Å². The van der Waals surface area contributed by atoms with Crippen molar-refractivity contribution in [1.82, 2.24) is 35.0 Å². The first-order valence-electron chi connectivity index (χ1n) is 5.94. The quantitative estimate of drug-likeness (QED) is 0.619. The van der Waals surface area contributed by atoms with Crippen LogP contribution >= 0.6 is 0 Å². The van der Waals surface area contributed by atoms with E-state index in [1.54, 1.807) is 18.9 Å². The fraction of sp³-hybridized carbons (Fsp3) is 0.500. The van der Waals surface area contributed by atoms with Crippen molar-refractivity contribution in [3.8, 4) is 0 Å². The van der Waals surface area contributed by atoms with Gasteiger partial charge in [0.25, 0.3) is 0 Å². The van der Waals surface area contributed by atoms with Gasteiger partial charge in [-0.1, -0.05) is 0 Å². The average molecular weight is 278 g/mol. The highest BCUT2D eigenvalue weighted by Gasteiger charge is 2.15. The third-order valence-electron chi connectivity index (χ3n) is 2.90. The predicted molar refractivity (Wildman–Crippen MR) is 69.1 cm³/mol.